The fraction of sp³-hybridized carbons (Fsp3) is 0.250. The lowest BCUT2D eigenvalue weighted by Gasteiger charge is -2.18. The number of carbonyl (C=O) groups is 2. The first-order chi connectivity index (χ1) is 12.3. The van der Waals surface area contributed by atoms with E-state index in [0.717, 1.165) is 22.5 Å². The van der Waals surface area contributed by atoms with Crippen molar-refractivity contribution in [3.63, 3.8) is 0 Å². The summed E-state index contributed by atoms with van der Waals surface area (Å²) in [5.74, 6) is -2.29. The molecule has 1 heterocycles. The predicted octanol–water partition coefficient (Wildman–Crippen LogP) is 1.52. The van der Waals surface area contributed by atoms with E-state index in [2.05, 4.69) is 5.32 Å². The maximum atomic E-state index is 13.1. The number of nitrogens with zero attached hydrogens (tertiary/aromatic N) is 1. The summed E-state index contributed by atoms with van der Waals surface area (Å²) in [4.78, 5) is 23.6. The lowest BCUT2D eigenvalue weighted by atomic mass is 10.1. The molecule has 0 saturated heterocycles. The summed E-state index contributed by atoms with van der Waals surface area (Å²) in [5.41, 5.74) is 3.51. The fourth-order valence-corrected chi connectivity index (χ4v) is 4.69. The zero-order valence-corrected chi connectivity index (χ0v) is 16.3. The Bertz CT molecular complexity index is 978. The third-order valence-electron chi connectivity index (χ3n) is 3.56. The molecule has 4 N–H and O–H groups in total. The van der Waals surface area contributed by atoms with Gasteiger partial charge >= 0.3 is 0 Å². The van der Waals surface area contributed by atoms with E-state index in [0.29, 0.717) is 11.3 Å². The summed E-state index contributed by atoms with van der Waals surface area (Å²) < 4.78 is 39.3. The summed E-state index contributed by atoms with van der Waals surface area (Å²) in [6, 6.07) is 5.83. The van der Waals surface area contributed by atoms with E-state index in [4.69, 9.17) is 5.73 Å². The lowest BCUT2D eigenvalue weighted by molar-refractivity contribution is -0.130. The number of carbonyl (C=O) groups excluding carboxylic acids is 2. The van der Waals surface area contributed by atoms with E-state index in [1.54, 1.807) is 0 Å². The van der Waals surface area contributed by atoms with Gasteiger partial charge < -0.3 is 16.2 Å². The molecule has 0 fully saturated rings. The molecule has 0 spiro atoms. The van der Waals surface area contributed by atoms with E-state index >= 15 is 0 Å². The molecule has 1 aromatic heterocycles. The van der Waals surface area contributed by atoms with Gasteiger partial charge in [0.25, 0.3) is 21.8 Å². The van der Waals surface area contributed by atoms with E-state index in [1.807, 2.05) is 0 Å². The Labute approximate surface area is 159 Å². The number of hydrogen-bond acceptors (Lipinski definition) is 6. The molecule has 0 aliphatic rings. The summed E-state index contributed by atoms with van der Waals surface area (Å²) in [6.45, 7) is 2.47. The van der Waals surface area contributed by atoms with Crippen LogP contribution in [0.2, 0.25) is 0 Å². The molecule has 2 aromatic rings. The number of thiophene rings is 1. The first-order valence-electron chi connectivity index (χ1n) is 7.56. The van der Waals surface area contributed by atoms with Crippen molar-refractivity contribution in [1.29, 1.82) is 0 Å². The van der Waals surface area contributed by atoms with Crippen LogP contribution in [0.15, 0.2) is 34.5 Å². The van der Waals surface area contributed by atoms with Crippen LogP contribution >= 0.6 is 11.3 Å². The average Bonchev–Trinajstić information content (AvgIpc) is 2.99. The minimum absolute atomic E-state index is 0.0966. The molecule has 0 aliphatic carbocycles. The number of benzene rings is 1. The van der Waals surface area contributed by atoms with Gasteiger partial charge in [-0.25, -0.2) is 12.8 Å². The first-order valence-corrected chi connectivity index (χ1v) is 9.81. The highest BCUT2D eigenvalue weighted by Crippen LogP contribution is 2.34. The van der Waals surface area contributed by atoms with E-state index in [1.165, 1.54) is 33.0 Å². The molecule has 8 nitrogen and oxygen atoms in total. The lowest BCUT2D eigenvalue weighted by Crippen LogP contribution is -2.36. The standard InChI is InChI=1S/C16H18FN3O5S2/c1-16(2,23)15(22)19-14-11(13(18)21)8-12(26-14)27(24,25)20(3)10-6-4-9(17)5-7-10/h4-8,23H,1-3H3,(H2,18,21)(H,19,22). The Morgan fingerprint density at radius 1 is 1.26 bits per heavy atom. The number of nitrogens with two attached hydrogens (primary N) is 1. The van der Waals surface area contributed by atoms with Crippen molar-refractivity contribution >= 4 is 43.9 Å². The van der Waals surface area contributed by atoms with Gasteiger partial charge in [-0.2, -0.15) is 0 Å². The fourth-order valence-electron chi connectivity index (χ4n) is 1.95. The van der Waals surface area contributed by atoms with Crippen LogP contribution in [-0.2, 0) is 14.8 Å². The van der Waals surface area contributed by atoms with Crippen molar-refractivity contribution < 1.29 is 27.5 Å². The predicted molar refractivity (Wildman–Crippen MR) is 99.8 cm³/mol. The highest BCUT2D eigenvalue weighted by atomic mass is 32.2. The van der Waals surface area contributed by atoms with Crippen LogP contribution in [0.1, 0.15) is 24.2 Å². The van der Waals surface area contributed by atoms with Crippen molar-refractivity contribution in [3.05, 3.63) is 41.7 Å². The van der Waals surface area contributed by atoms with Gasteiger partial charge in [-0.05, 0) is 44.2 Å². The monoisotopic (exact) mass is 415 g/mol. The molecular weight excluding hydrogens is 397 g/mol. The molecule has 1 aromatic carbocycles. The number of amides is 2. The molecule has 2 amide bonds. The van der Waals surface area contributed by atoms with Gasteiger partial charge in [0.1, 0.15) is 20.6 Å². The summed E-state index contributed by atoms with van der Waals surface area (Å²) in [7, 11) is -2.84. The van der Waals surface area contributed by atoms with Gasteiger partial charge in [0.2, 0.25) is 0 Å². The summed E-state index contributed by atoms with van der Waals surface area (Å²) in [6.07, 6.45) is 0. The molecule has 0 saturated carbocycles. The number of aliphatic hydroxyl groups is 1. The Hall–Kier alpha value is -2.50. The van der Waals surface area contributed by atoms with Crippen LogP contribution in [0.3, 0.4) is 0 Å². The topological polar surface area (TPSA) is 130 Å². The van der Waals surface area contributed by atoms with Crippen molar-refractivity contribution in [2.24, 2.45) is 5.73 Å². The van der Waals surface area contributed by atoms with Crippen LogP contribution < -0.4 is 15.4 Å². The number of nitrogens with one attached hydrogen (secondary N) is 1. The number of halogens is 1. The molecule has 0 bridgehead atoms. The number of rotatable bonds is 6. The Balaban J connectivity index is 2.45. The number of anilines is 2. The minimum Gasteiger partial charge on any atom is -0.381 e. The van der Waals surface area contributed by atoms with E-state index in [9.17, 15) is 27.5 Å². The zero-order valence-electron chi connectivity index (χ0n) is 14.7. The van der Waals surface area contributed by atoms with Crippen LogP contribution in [0, 0.1) is 5.82 Å². The van der Waals surface area contributed by atoms with Crippen molar-refractivity contribution in [1.82, 2.24) is 0 Å². The summed E-state index contributed by atoms with van der Waals surface area (Å²) in [5, 5.41) is 11.9. The Morgan fingerprint density at radius 3 is 2.30 bits per heavy atom. The van der Waals surface area contributed by atoms with Crippen LogP contribution in [0.25, 0.3) is 0 Å². The smallest absolute Gasteiger partial charge is 0.273 e. The maximum absolute atomic E-state index is 13.1. The first kappa shape index (κ1) is 20.8. The van der Waals surface area contributed by atoms with Gasteiger partial charge in [0, 0.05) is 7.05 Å². The van der Waals surface area contributed by atoms with Gasteiger partial charge in [0.05, 0.1) is 11.3 Å². The molecule has 0 unspecified atom stereocenters. The highest BCUT2D eigenvalue weighted by Gasteiger charge is 2.30. The van der Waals surface area contributed by atoms with Gasteiger partial charge in [-0.15, -0.1) is 11.3 Å². The Morgan fingerprint density at radius 2 is 1.81 bits per heavy atom. The number of sulfonamides is 1. The normalized spacial score (nSPS) is 11.9. The molecule has 146 valence electrons. The number of hydrogen-bond donors (Lipinski definition) is 3. The second-order valence-electron chi connectivity index (χ2n) is 6.13. The van der Waals surface area contributed by atoms with E-state index < -0.39 is 33.3 Å². The molecular formula is C16H18FN3O5S2. The zero-order chi connectivity index (χ0) is 20.6. The Kier molecular flexibility index (Phi) is 5.59. The second kappa shape index (κ2) is 7.25. The second-order valence-corrected chi connectivity index (χ2v) is 9.38. The van der Waals surface area contributed by atoms with Gasteiger partial charge in [-0.3, -0.25) is 13.9 Å². The van der Waals surface area contributed by atoms with Crippen molar-refractivity contribution in [2.75, 3.05) is 16.7 Å². The van der Waals surface area contributed by atoms with Crippen LogP contribution in [-0.4, -0.2) is 38.0 Å². The molecule has 2 rings (SSSR count). The summed E-state index contributed by atoms with van der Waals surface area (Å²) >= 11 is 0.618. The van der Waals surface area contributed by atoms with Crippen LogP contribution in [0.4, 0.5) is 15.1 Å². The molecule has 27 heavy (non-hydrogen) atoms. The van der Waals surface area contributed by atoms with Crippen molar-refractivity contribution in [3.8, 4) is 0 Å². The molecule has 11 heteroatoms. The molecule has 0 atom stereocenters. The van der Waals surface area contributed by atoms with Crippen LogP contribution in [0.5, 0.6) is 0 Å². The SMILES string of the molecule is CN(c1ccc(F)cc1)S(=O)(=O)c1cc(C(N)=O)c(NC(=O)C(C)(C)O)s1. The van der Waals surface area contributed by atoms with Crippen molar-refractivity contribution in [2.45, 2.75) is 23.7 Å². The molecule has 0 aliphatic heterocycles. The van der Waals surface area contributed by atoms with Gasteiger partial charge in [0.15, 0.2) is 0 Å². The molecule has 0 radical (unpaired) electrons. The average molecular weight is 415 g/mol. The maximum Gasteiger partial charge on any atom is 0.273 e. The minimum atomic E-state index is -4.10. The number of primary amides is 1. The third-order valence-corrected chi connectivity index (χ3v) is 6.85. The third kappa shape index (κ3) is 4.43. The van der Waals surface area contributed by atoms with E-state index in [-0.39, 0.29) is 20.5 Å². The quantitative estimate of drug-likeness (QED) is 0.659. The highest BCUT2D eigenvalue weighted by molar-refractivity contribution is 7.94. The largest absolute Gasteiger partial charge is 0.381 e. The van der Waals surface area contributed by atoms with Gasteiger partial charge in [-0.1, -0.05) is 0 Å².